The van der Waals surface area contributed by atoms with Gasteiger partial charge in [-0.05, 0) is 26.3 Å². The second kappa shape index (κ2) is 6.36. The Labute approximate surface area is 129 Å². The Morgan fingerprint density at radius 1 is 1.27 bits per heavy atom. The molecule has 1 saturated heterocycles. The highest BCUT2D eigenvalue weighted by molar-refractivity contribution is 5.93. The number of carbonyl (C=O) groups is 1. The van der Waals surface area contributed by atoms with E-state index in [2.05, 4.69) is 10.1 Å². The van der Waals surface area contributed by atoms with Gasteiger partial charge in [-0.25, -0.2) is 0 Å². The number of amides is 1. The SMILES string of the molecule is Cc1noc(C)c1CN1CCCN(C(=O)c2ccoc2)CC1. The van der Waals surface area contributed by atoms with E-state index in [0.29, 0.717) is 5.56 Å². The second-order valence-corrected chi connectivity index (χ2v) is 5.74. The van der Waals surface area contributed by atoms with E-state index in [1.807, 2.05) is 18.7 Å². The molecule has 1 amide bonds. The maximum absolute atomic E-state index is 12.4. The summed E-state index contributed by atoms with van der Waals surface area (Å²) in [6.07, 6.45) is 4.01. The van der Waals surface area contributed by atoms with E-state index in [4.69, 9.17) is 8.94 Å². The van der Waals surface area contributed by atoms with E-state index in [0.717, 1.165) is 56.2 Å². The monoisotopic (exact) mass is 303 g/mol. The van der Waals surface area contributed by atoms with Crippen molar-refractivity contribution < 1.29 is 13.7 Å². The number of aromatic nitrogens is 1. The van der Waals surface area contributed by atoms with Gasteiger partial charge in [0.1, 0.15) is 12.0 Å². The van der Waals surface area contributed by atoms with Crippen molar-refractivity contribution in [3.63, 3.8) is 0 Å². The highest BCUT2D eigenvalue weighted by Crippen LogP contribution is 2.17. The van der Waals surface area contributed by atoms with Crippen molar-refractivity contribution in [2.75, 3.05) is 26.2 Å². The third kappa shape index (κ3) is 3.06. The number of rotatable bonds is 3. The molecule has 0 unspecified atom stereocenters. The van der Waals surface area contributed by atoms with Crippen LogP contribution in [0.4, 0.5) is 0 Å². The molecule has 6 nitrogen and oxygen atoms in total. The van der Waals surface area contributed by atoms with Crippen LogP contribution >= 0.6 is 0 Å². The Kier molecular flexibility index (Phi) is 4.29. The molecule has 0 aromatic carbocycles. The maximum Gasteiger partial charge on any atom is 0.257 e. The Morgan fingerprint density at radius 2 is 2.14 bits per heavy atom. The Balaban J connectivity index is 1.62. The van der Waals surface area contributed by atoms with Crippen molar-refractivity contribution in [1.29, 1.82) is 0 Å². The highest BCUT2D eigenvalue weighted by atomic mass is 16.5. The van der Waals surface area contributed by atoms with Crippen molar-refractivity contribution in [3.05, 3.63) is 41.2 Å². The fourth-order valence-corrected chi connectivity index (χ4v) is 2.85. The summed E-state index contributed by atoms with van der Waals surface area (Å²) in [6, 6.07) is 1.72. The zero-order valence-corrected chi connectivity index (χ0v) is 13.0. The van der Waals surface area contributed by atoms with Gasteiger partial charge in [-0.15, -0.1) is 0 Å². The lowest BCUT2D eigenvalue weighted by Crippen LogP contribution is -2.35. The molecule has 2 aromatic heterocycles. The smallest absolute Gasteiger partial charge is 0.257 e. The first-order valence-corrected chi connectivity index (χ1v) is 7.60. The summed E-state index contributed by atoms with van der Waals surface area (Å²) in [4.78, 5) is 16.6. The number of furan rings is 1. The van der Waals surface area contributed by atoms with Crippen molar-refractivity contribution in [2.24, 2.45) is 0 Å². The Morgan fingerprint density at radius 3 is 2.82 bits per heavy atom. The van der Waals surface area contributed by atoms with Crippen LogP contribution in [-0.4, -0.2) is 47.0 Å². The Hall–Kier alpha value is -2.08. The van der Waals surface area contributed by atoms with Crippen molar-refractivity contribution in [2.45, 2.75) is 26.8 Å². The van der Waals surface area contributed by atoms with Crippen molar-refractivity contribution >= 4 is 5.91 Å². The molecular formula is C16H21N3O3. The zero-order valence-electron chi connectivity index (χ0n) is 13.0. The van der Waals surface area contributed by atoms with E-state index < -0.39 is 0 Å². The molecule has 118 valence electrons. The van der Waals surface area contributed by atoms with Crippen LogP contribution in [0, 0.1) is 13.8 Å². The van der Waals surface area contributed by atoms with E-state index in [1.165, 1.54) is 12.5 Å². The first-order valence-electron chi connectivity index (χ1n) is 7.60. The molecule has 1 aliphatic heterocycles. The van der Waals surface area contributed by atoms with E-state index in [-0.39, 0.29) is 5.91 Å². The predicted molar refractivity (Wildman–Crippen MR) is 80.5 cm³/mol. The molecule has 3 heterocycles. The molecule has 0 atom stereocenters. The summed E-state index contributed by atoms with van der Waals surface area (Å²) in [7, 11) is 0. The van der Waals surface area contributed by atoms with Gasteiger partial charge in [0.05, 0.1) is 17.5 Å². The third-order valence-electron chi connectivity index (χ3n) is 4.21. The normalized spacial score (nSPS) is 16.7. The van der Waals surface area contributed by atoms with E-state index >= 15 is 0 Å². The molecule has 0 saturated carbocycles. The molecule has 0 aliphatic carbocycles. The van der Waals surface area contributed by atoms with Crippen LogP contribution in [0.25, 0.3) is 0 Å². The first kappa shape index (κ1) is 14.8. The summed E-state index contributed by atoms with van der Waals surface area (Å²) in [6.45, 7) is 8.08. The molecule has 0 bridgehead atoms. The lowest BCUT2D eigenvalue weighted by molar-refractivity contribution is 0.0760. The quantitative estimate of drug-likeness (QED) is 0.870. The fraction of sp³-hybridized carbons (Fsp3) is 0.500. The van der Waals surface area contributed by atoms with Crippen LogP contribution in [0.1, 0.15) is 33.8 Å². The summed E-state index contributed by atoms with van der Waals surface area (Å²) in [5.41, 5.74) is 2.74. The van der Waals surface area contributed by atoms with Crippen molar-refractivity contribution in [3.8, 4) is 0 Å². The largest absolute Gasteiger partial charge is 0.472 e. The van der Waals surface area contributed by atoms with Crippen LogP contribution in [0.15, 0.2) is 27.5 Å². The molecule has 22 heavy (non-hydrogen) atoms. The van der Waals surface area contributed by atoms with E-state index in [1.54, 1.807) is 6.07 Å². The number of carbonyl (C=O) groups excluding carboxylic acids is 1. The fourth-order valence-electron chi connectivity index (χ4n) is 2.85. The lowest BCUT2D eigenvalue weighted by Gasteiger charge is -2.21. The number of aryl methyl sites for hydroxylation is 2. The maximum atomic E-state index is 12.4. The third-order valence-corrected chi connectivity index (χ3v) is 4.21. The number of hydrogen-bond acceptors (Lipinski definition) is 5. The van der Waals surface area contributed by atoms with E-state index in [9.17, 15) is 4.79 Å². The molecule has 0 radical (unpaired) electrons. The van der Waals surface area contributed by atoms with Gasteiger partial charge in [-0.3, -0.25) is 9.69 Å². The van der Waals surface area contributed by atoms with Gasteiger partial charge in [-0.2, -0.15) is 0 Å². The van der Waals surface area contributed by atoms with Gasteiger partial charge < -0.3 is 13.8 Å². The molecule has 2 aromatic rings. The van der Waals surface area contributed by atoms with Gasteiger partial charge in [0.15, 0.2) is 0 Å². The summed E-state index contributed by atoms with van der Waals surface area (Å²) in [5, 5.41) is 4.01. The number of nitrogens with zero attached hydrogens (tertiary/aromatic N) is 3. The first-order chi connectivity index (χ1) is 10.6. The van der Waals surface area contributed by atoms with Crippen LogP contribution in [0.2, 0.25) is 0 Å². The lowest BCUT2D eigenvalue weighted by atomic mass is 10.2. The average molecular weight is 303 g/mol. The minimum Gasteiger partial charge on any atom is -0.472 e. The molecule has 0 N–H and O–H groups in total. The summed E-state index contributed by atoms with van der Waals surface area (Å²) >= 11 is 0. The standard InChI is InChI=1S/C16H21N3O3/c1-12-15(13(2)22-17-12)10-18-5-3-6-19(8-7-18)16(20)14-4-9-21-11-14/h4,9,11H,3,5-8,10H2,1-2H3. The zero-order chi connectivity index (χ0) is 15.5. The number of hydrogen-bond donors (Lipinski definition) is 0. The minimum absolute atomic E-state index is 0.0490. The van der Waals surface area contributed by atoms with Crippen molar-refractivity contribution in [1.82, 2.24) is 15.0 Å². The van der Waals surface area contributed by atoms with Gasteiger partial charge in [-0.1, -0.05) is 5.16 Å². The van der Waals surface area contributed by atoms with Crippen LogP contribution in [0.3, 0.4) is 0 Å². The average Bonchev–Trinajstić information content (AvgIpc) is 3.07. The minimum atomic E-state index is 0.0490. The molecule has 0 spiro atoms. The van der Waals surface area contributed by atoms with Crippen LogP contribution in [0.5, 0.6) is 0 Å². The highest BCUT2D eigenvalue weighted by Gasteiger charge is 2.22. The summed E-state index contributed by atoms with van der Waals surface area (Å²) < 4.78 is 10.2. The Bertz CT molecular complexity index is 614. The van der Waals surface area contributed by atoms with Crippen LogP contribution in [-0.2, 0) is 6.54 Å². The predicted octanol–water partition coefficient (Wildman–Crippen LogP) is 2.23. The molecule has 1 aliphatic rings. The van der Waals surface area contributed by atoms with Crippen LogP contribution < -0.4 is 0 Å². The van der Waals surface area contributed by atoms with Gasteiger partial charge in [0.25, 0.3) is 5.91 Å². The second-order valence-electron chi connectivity index (χ2n) is 5.74. The molecule has 3 rings (SSSR count). The molecular weight excluding hydrogens is 282 g/mol. The van der Waals surface area contributed by atoms with Gasteiger partial charge in [0.2, 0.25) is 0 Å². The van der Waals surface area contributed by atoms with Gasteiger partial charge in [0, 0.05) is 38.3 Å². The molecule has 6 heteroatoms. The summed E-state index contributed by atoms with van der Waals surface area (Å²) in [5.74, 6) is 0.931. The molecule has 1 fully saturated rings. The van der Waals surface area contributed by atoms with Gasteiger partial charge >= 0.3 is 0 Å². The topological polar surface area (TPSA) is 62.7 Å².